The number of para-hydroxylation sites is 1. The smallest absolute Gasteiger partial charge is 0.238 e. The molecule has 5 nitrogen and oxygen atoms in total. The van der Waals surface area contributed by atoms with Gasteiger partial charge < -0.3 is 15.5 Å². The lowest BCUT2D eigenvalue weighted by Crippen LogP contribution is -2.37. The number of rotatable bonds is 5. The van der Waals surface area contributed by atoms with Crippen molar-refractivity contribution in [2.45, 2.75) is 16.6 Å². The molecule has 116 valence electrons. The zero-order valence-corrected chi connectivity index (χ0v) is 13.7. The van der Waals surface area contributed by atoms with Crippen molar-refractivity contribution in [3.05, 3.63) is 24.3 Å². The molecule has 0 saturated carbocycles. The third-order valence-electron chi connectivity index (χ3n) is 2.96. The normalized spacial score (nSPS) is 16.7. The number of hydrogen-bond donors (Lipinski definition) is 2. The van der Waals surface area contributed by atoms with Gasteiger partial charge in [0, 0.05) is 24.4 Å². The molecule has 1 aliphatic heterocycles. The van der Waals surface area contributed by atoms with E-state index in [1.807, 2.05) is 43.3 Å². The van der Waals surface area contributed by atoms with E-state index in [1.165, 1.54) is 11.8 Å². The van der Waals surface area contributed by atoms with E-state index in [9.17, 15) is 9.59 Å². The molecular weight excluding hydrogens is 310 g/mol. The largest absolute Gasteiger partial charge is 0.355 e. The summed E-state index contributed by atoms with van der Waals surface area (Å²) in [4.78, 5) is 26.8. The zero-order valence-electron chi connectivity index (χ0n) is 12.1. The van der Waals surface area contributed by atoms with Crippen LogP contribution in [-0.2, 0) is 9.59 Å². The van der Waals surface area contributed by atoms with Crippen molar-refractivity contribution in [3.8, 4) is 0 Å². The Balaban J connectivity index is 0.00000220. The SMILES string of the molecule is CN(C)CCNC(=O)CC1Sc2ccccc2NC1=O.Cl. The number of nitrogens with one attached hydrogen (secondary N) is 2. The standard InChI is InChI=1S/C14H19N3O2S.ClH/c1-17(2)8-7-15-13(18)9-12-14(19)16-10-5-3-4-6-11(10)20-12;/h3-6,12H,7-9H2,1-2H3,(H,15,18)(H,16,19);1H. The topological polar surface area (TPSA) is 61.4 Å². The molecule has 0 spiro atoms. The Morgan fingerprint density at radius 1 is 1.38 bits per heavy atom. The maximum atomic E-state index is 12.0. The summed E-state index contributed by atoms with van der Waals surface area (Å²) in [5.41, 5.74) is 0.826. The Morgan fingerprint density at radius 2 is 2.10 bits per heavy atom. The van der Waals surface area contributed by atoms with Gasteiger partial charge in [-0.05, 0) is 26.2 Å². The molecule has 1 heterocycles. The van der Waals surface area contributed by atoms with Gasteiger partial charge in [0.25, 0.3) is 0 Å². The first-order valence-electron chi connectivity index (χ1n) is 6.54. The number of amides is 2. The van der Waals surface area contributed by atoms with E-state index >= 15 is 0 Å². The Kier molecular flexibility index (Phi) is 7.01. The highest BCUT2D eigenvalue weighted by Crippen LogP contribution is 2.36. The number of fused-ring (bicyclic) bond motifs is 1. The first kappa shape index (κ1) is 17.8. The van der Waals surface area contributed by atoms with Crippen LogP contribution in [0.1, 0.15) is 6.42 Å². The molecule has 1 aromatic carbocycles. The molecular formula is C14H20ClN3O2S. The van der Waals surface area contributed by atoms with Crippen molar-refractivity contribution in [1.82, 2.24) is 10.2 Å². The van der Waals surface area contributed by atoms with Gasteiger partial charge in [0.2, 0.25) is 11.8 Å². The number of likely N-dealkylation sites (N-methyl/N-ethyl adjacent to an activating group) is 1. The third-order valence-corrected chi connectivity index (χ3v) is 4.23. The summed E-state index contributed by atoms with van der Waals surface area (Å²) in [6.45, 7) is 1.39. The van der Waals surface area contributed by atoms with Gasteiger partial charge in [0.1, 0.15) is 0 Å². The fourth-order valence-electron chi connectivity index (χ4n) is 1.89. The van der Waals surface area contributed by atoms with Gasteiger partial charge in [-0.3, -0.25) is 9.59 Å². The van der Waals surface area contributed by atoms with Gasteiger partial charge in [-0.15, -0.1) is 24.2 Å². The maximum absolute atomic E-state index is 12.0. The highest BCUT2D eigenvalue weighted by molar-refractivity contribution is 8.01. The summed E-state index contributed by atoms with van der Waals surface area (Å²) in [5.74, 6) is -0.185. The summed E-state index contributed by atoms with van der Waals surface area (Å²) in [6.07, 6.45) is 0.207. The molecule has 7 heteroatoms. The number of benzene rings is 1. The molecule has 0 aliphatic carbocycles. The van der Waals surface area contributed by atoms with Gasteiger partial charge in [-0.25, -0.2) is 0 Å². The monoisotopic (exact) mass is 329 g/mol. The van der Waals surface area contributed by atoms with Crippen LogP contribution in [0.3, 0.4) is 0 Å². The second-order valence-electron chi connectivity index (χ2n) is 4.95. The van der Waals surface area contributed by atoms with Crippen LogP contribution < -0.4 is 10.6 Å². The molecule has 2 amide bonds. The number of hydrogen-bond acceptors (Lipinski definition) is 4. The third kappa shape index (κ3) is 5.22. The van der Waals surface area contributed by atoms with Crippen molar-refractivity contribution in [3.63, 3.8) is 0 Å². The van der Waals surface area contributed by atoms with E-state index in [2.05, 4.69) is 10.6 Å². The van der Waals surface area contributed by atoms with Gasteiger partial charge >= 0.3 is 0 Å². The molecule has 21 heavy (non-hydrogen) atoms. The van der Waals surface area contributed by atoms with Crippen molar-refractivity contribution in [2.24, 2.45) is 0 Å². The Morgan fingerprint density at radius 3 is 2.81 bits per heavy atom. The lowest BCUT2D eigenvalue weighted by atomic mass is 10.2. The van der Waals surface area contributed by atoms with Crippen molar-refractivity contribution in [1.29, 1.82) is 0 Å². The molecule has 1 unspecified atom stereocenters. The van der Waals surface area contributed by atoms with Crippen LogP contribution in [0.25, 0.3) is 0 Å². The second kappa shape index (κ2) is 8.26. The molecule has 1 aromatic rings. The summed E-state index contributed by atoms with van der Waals surface area (Å²) in [6, 6.07) is 7.63. The molecule has 0 fully saturated rings. The molecule has 0 bridgehead atoms. The molecule has 0 aromatic heterocycles. The molecule has 1 aliphatic rings. The lowest BCUT2D eigenvalue weighted by Gasteiger charge is -2.23. The van der Waals surface area contributed by atoms with Gasteiger partial charge in [-0.2, -0.15) is 0 Å². The zero-order chi connectivity index (χ0) is 14.5. The predicted molar refractivity (Wildman–Crippen MR) is 88.1 cm³/mol. The average Bonchev–Trinajstić information content (AvgIpc) is 2.39. The fraction of sp³-hybridized carbons (Fsp3) is 0.429. The van der Waals surface area contributed by atoms with Crippen LogP contribution in [0.5, 0.6) is 0 Å². The summed E-state index contributed by atoms with van der Waals surface area (Å²) in [5, 5.41) is 5.32. The second-order valence-corrected chi connectivity index (χ2v) is 6.19. The number of thioether (sulfide) groups is 1. The number of carbonyl (C=O) groups excluding carboxylic acids is 2. The molecule has 0 radical (unpaired) electrons. The minimum Gasteiger partial charge on any atom is -0.355 e. The van der Waals surface area contributed by atoms with E-state index in [4.69, 9.17) is 0 Å². The van der Waals surface area contributed by atoms with Crippen LogP contribution in [0.4, 0.5) is 5.69 Å². The molecule has 0 saturated heterocycles. The quantitative estimate of drug-likeness (QED) is 0.861. The van der Waals surface area contributed by atoms with Crippen molar-refractivity contribution >= 4 is 41.7 Å². The predicted octanol–water partition coefficient (Wildman–Crippen LogP) is 1.59. The van der Waals surface area contributed by atoms with E-state index in [0.717, 1.165) is 17.1 Å². The fourth-order valence-corrected chi connectivity index (χ4v) is 3.00. The Bertz CT molecular complexity index is 511. The van der Waals surface area contributed by atoms with E-state index in [1.54, 1.807) is 0 Å². The van der Waals surface area contributed by atoms with E-state index in [-0.39, 0.29) is 35.9 Å². The highest BCUT2D eigenvalue weighted by Gasteiger charge is 2.28. The number of nitrogens with zero attached hydrogens (tertiary/aromatic N) is 1. The highest BCUT2D eigenvalue weighted by atomic mass is 35.5. The molecule has 2 N–H and O–H groups in total. The van der Waals surface area contributed by atoms with E-state index in [0.29, 0.717) is 6.54 Å². The first-order chi connectivity index (χ1) is 9.56. The van der Waals surface area contributed by atoms with Crippen LogP contribution in [0.15, 0.2) is 29.2 Å². The Hall–Kier alpha value is -1.24. The van der Waals surface area contributed by atoms with Crippen LogP contribution >= 0.6 is 24.2 Å². The van der Waals surface area contributed by atoms with Gasteiger partial charge in [-0.1, -0.05) is 12.1 Å². The van der Waals surface area contributed by atoms with Crippen LogP contribution in [0, 0.1) is 0 Å². The minimum absolute atomic E-state index is 0. The van der Waals surface area contributed by atoms with Gasteiger partial charge in [0.15, 0.2) is 0 Å². The lowest BCUT2D eigenvalue weighted by molar-refractivity contribution is -0.124. The maximum Gasteiger partial charge on any atom is 0.238 e. The van der Waals surface area contributed by atoms with Crippen molar-refractivity contribution in [2.75, 3.05) is 32.5 Å². The summed E-state index contributed by atoms with van der Waals surface area (Å²) in [7, 11) is 3.90. The summed E-state index contributed by atoms with van der Waals surface area (Å²) >= 11 is 1.45. The van der Waals surface area contributed by atoms with Crippen LogP contribution in [0.2, 0.25) is 0 Å². The summed E-state index contributed by atoms with van der Waals surface area (Å²) < 4.78 is 0. The minimum atomic E-state index is -0.357. The number of carbonyl (C=O) groups is 2. The average molecular weight is 330 g/mol. The van der Waals surface area contributed by atoms with Crippen LogP contribution in [-0.4, -0.2) is 49.1 Å². The number of halogens is 1. The van der Waals surface area contributed by atoms with Crippen molar-refractivity contribution < 1.29 is 9.59 Å². The van der Waals surface area contributed by atoms with Gasteiger partial charge in [0.05, 0.1) is 10.9 Å². The molecule has 1 atom stereocenters. The Labute approximate surface area is 135 Å². The van der Waals surface area contributed by atoms with E-state index < -0.39 is 0 Å². The molecule has 2 rings (SSSR count). The number of anilines is 1. The first-order valence-corrected chi connectivity index (χ1v) is 7.42.